The zero-order valence-electron chi connectivity index (χ0n) is 11.2. The van der Waals surface area contributed by atoms with Crippen molar-refractivity contribution in [2.45, 2.75) is 51.4 Å². The molecule has 1 aromatic heterocycles. The number of piperidine rings is 1. The fraction of sp³-hybridized carbons (Fsp3) is 0.857. The molecule has 0 amide bonds. The molecule has 2 atom stereocenters. The van der Waals surface area contributed by atoms with Gasteiger partial charge in [0.25, 0.3) is 0 Å². The van der Waals surface area contributed by atoms with Crippen molar-refractivity contribution in [3.8, 4) is 0 Å². The summed E-state index contributed by atoms with van der Waals surface area (Å²) in [4.78, 5) is 4.57. The largest absolute Gasteiger partial charge is 0.339 e. The minimum Gasteiger partial charge on any atom is -0.339 e. The monoisotopic (exact) mass is 249 g/mol. The standard InChI is InChI=1S/C14H23N3O/c1-10(12-6-3-7-15-9-12)8-13-16-14(17-18-13)11-4-2-5-11/h10-12,15H,2-9H2,1H3. The van der Waals surface area contributed by atoms with E-state index in [1.807, 2.05) is 0 Å². The van der Waals surface area contributed by atoms with Crippen LogP contribution in [0.25, 0.3) is 0 Å². The smallest absolute Gasteiger partial charge is 0.226 e. The van der Waals surface area contributed by atoms with Crippen molar-refractivity contribution >= 4 is 0 Å². The van der Waals surface area contributed by atoms with Crippen LogP contribution in [0, 0.1) is 11.8 Å². The van der Waals surface area contributed by atoms with Gasteiger partial charge in [-0.05, 0) is 50.6 Å². The van der Waals surface area contributed by atoms with Crippen LogP contribution in [0.15, 0.2) is 4.52 Å². The zero-order chi connectivity index (χ0) is 12.4. The van der Waals surface area contributed by atoms with Gasteiger partial charge in [-0.2, -0.15) is 4.98 Å². The summed E-state index contributed by atoms with van der Waals surface area (Å²) in [5, 5.41) is 7.61. The third-order valence-corrected chi connectivity index (χ3v) is 4.59. The summed E-state index contributed by atoms with van der Waals surface area (Å²) in [5.74, 6) is 3.76. The second-order valence-electron chi connectivity index (χ2n) is 5.96. The van der Waals surface area contributed by atoms with Crippen molar-refractivity contribution in [1.82, 2.24) is 15.5 Å². The maximum atomic E-state index is 5.40. The van der Waals surface area contributed by atoms with Crippen LogP contribution in [0.2, 0.25) is 0 Å². The highest BCUT2D eigenvalue weighted by molar-refractivity contribution is 5.00. The SMILES string of the molecule is CC(Cc1nc(C2CCC2)no1)C1CCCNC1. The Bertz CT molecular complexity index is 380. The molecule has 3 rings (SSSR count). The molecule has 1 aromatic rings. The van der Waals surface area contributed by atoms with E-state index in [-0.39, 0.29) is 0 Å². The summed E-state index contributed by atoms with van der Waals surface area (Å²) < 4.78 is 5.40. The molecule has 18 heavy (non-hydrogen) atoms. The van der Waals surface area contributed by atoms with E-state index >= 15 is 0 Å². The molecule has 1 aliphatic carbocycles. The number of hydrogen-bond acceptors (Lipinski definition) is 4. The third-order valence-electron chi connectivity index (χ3n) is 4.59. The highest BCUT2D eigenvalue weighted by atomic mass is 16.5. The minimum absolute atomic E-state index is 0.578. The van der Waals surface area contributed by atoms with E-state index in [0.29, 0.717) is 11.8 Å². The van der Waals surface area contributed by atoms with Gasteiger partial charge in [-0.25, -0.2) is 0 Å². The van der Waals surface area contributed by atoms with Crippen molar-refractivity contribution in [3.63, 3.8) is 0 Å². The van der Waals surface area contributed by atoms with Crippen LogP contribution < -0.4 is 5.32 Å². The van der Waals surface area contributed by atoms with Gasteiger partial charge in [0.1, 0.15) is 0 Å². The second kappa shape index (κ2) is 5.39. The van der Waals surface area contributed by atoms with E-state index < -0.39 is 0 Å². The van der Waals surface area contributed by atoms with Crippen molar-refractivity contribution in [2.24, 2.45) is 11.8 Å². The van der Waals surface area contributed by atoms with E-state index in [0.717, 1.165) is 30.6 Å². The molecule has 2 heterocycles. The highest BCUT2D eigenvalue weighted by Gasteiger charge is 2.26. The lowest BCUT2D eigenvalue weighted by molar-refractivity contribution is 0.256. The summed E-state index contributed by atoms with van der Waals surface area (Å²) >= 11 is 0. The quantitative estimate of drug-likeness (QED) is 0.891. The molecule has 4 nitrogen and oxygen atoms in total. The first kappa shape index (κ1) is 12.2. The van der Waals surface area contributed by atoms with Gasteiger partial charge in [0.05, 0.1) is 0 Å². The number of nitrogens with one attached hydrogen (secondary N) is 1. The molecule has 0 aromatic carbocycles. The van der Waals surface area contributed by atoms with Crippen LogP contribution >= 0.6 is 0 Å². The zero-order valence-corrected chi connectivity index (χ0v) is 11.2. The molecule has 100 valence electrons. The van der Waals surface area contributed by atoms with Crippen molar-refractivity contribution in [2.75, 3.05) is 13.1 Å². The first-order valence-corrected chi connectivity index (χ1v) is 7.36. The summed E-state index contributed by atoms with van der Waals surface area (Å²) in [7, 11) is 0. The van der Waals surface area contributed by atoms with Gasteiger partial charge in [-0.3, -0.25) is 0 Å². The second-order valence-corrected chi connectivity index (χ2v) is 5.96. The molecule has 2 unspecified atom stereocenters. The van der Waals surface area contributed by atoms with E-state index in [1.54, 1.807) is 0 Å². The Labute approximate surface area is 109 Å². The number of nitrogens with zero attached hydrogens (tertiary/aromatic N) is 2. The van der Waals surface area contributed by atoms with Crippen LogP contribution in [0.1, 0.15) is 56.7 Å². The van der Waals surface area contributed by atoms with Gasteiger partial charge in [-0.15, -0.1) is 0 Å². The van der Waals surface area contributed by atoms with Crippen LogP contribution in [0.3, 0.4) is 0 Å². The van der Waals surface area contributed by atoms with Crippen LogP contribution in [-0.2, 0) is 6.42 Å². The molecular weight excluding hydrogens is 226 g/mol. The first-order valence-electron chi connectivity index (χ1n) is 7.36. The topological polar surface area (TPSA) is 51.0 Å². The summed E-state index contributed by atoms with van der Waals surface area (Å²) in [6.07, 6.45) is 7.36. The summed E-state index contributed by atoms with van der Waals surface area (Å²) in [5.41, 5.74) is 0. The van der Waals surface area contributed by atoms with Gasteiger partial charge < -0.3 is 9.84 Å². The lowest BCUT2D eigenvalue weighted by atomic mass is 9.84. The Hall–Kier alpha value is -0.900. The molecule has 0 bridgehead atoms. The molecule has 2 fully saturated rings. The van der Waals surface area contributed by atoms with Gasteiger partial charge in [0.15, 0.2) is 5.82 Å². The van der Waals surface area contributed by atoms with Crippen molar-refractivity contribution < 1.29 is 4.52 Å². The molecule has 0 spiro atoms. The number of rotatable bonds is 4. The Morgan fingerprint density at radius 2 is 2.22 bits per heavy atom. The lowest BCUT2D eigenvalue weighted by Crippen LogP contribution is -2.33. The van der Waals surface area contributed by atoms with Gasteiger partial charge >= 0.3 is 0 Å². The molecule has 1 N–H and O–H groups in total. The average Bonchev–Trinajstić information content (AvgIpc) is 2.76. The third kappa shape index (κ3) is 2.58. The maximum absolute atomic E-state index is 5.40. The minimum atomic E-state index is 0.578. The van der Waals surface area contributed by atoms with Gasteiger partial charge in [0, 0.05) is 12.3 Å². The van der Waals surface area contributed by atoms with Gasteiger partial charge in [0.2, 0.25) is 5.89 Å². The first-order chi connectivity index (χ1) is 8.83. The Morgan fingerprint density at radius 3 is 2.89 bits per heavy atom. The average molecular weight is 249 g/mol. The van der Waals surface area contributed by atoms with Crippen LogP contribution in [0.5, 0.6) is 0 Å². The molecule has 1 saturated carbocycles. The summed E-state index contributed by atoms with van der Waals surface area (Å²) in [6, 6.07) is 0. The fourth-order valence-corrected chi connectivity index (χ4v) is 2.99. The maximum Gasteiger partial charge on any atom is 0.226 e. The van der Waals surface area contributed by atoms with E-state index in [4.69, 9.17) is 4.52 Å². The molecule has 1 aliphatic heterocycles. The Kier molecular flexibility index (Phi) is 3.64. The van der Waals surface area contributed by atoms with Crippen LogP contribution in [0.4, 0.5) is 0 Å². The van der Waals surface area contributed by atoms with Gasteiger partial charge in [-0.1, -0.05) is 18.5 Å². The highest BCUT2D eigenvalue weighted by Crippen LogP contribution is 2.34. The van der Waals surface area contributed by atoms with Crippen molar-refractivity contribution in [3.05, 3.63) is 11.7 Å². The predicted octanol–water partition coefficient (Wildman–Crippen LogP) is 2.52. The van der Waals surface area contributed by atoms with E-state index in [9.17, 15) is 0 Å². The molecular formula is C14H23N3O. The predicted molar refractivity (Wildman–Crippen MR) is 69.4 cm³/mol. The van der Waals surface area contributed by atoms with E-state index in [1.165, 1.54) is 38.6 Å². The molecule has 0 radical (unpaired) electrons. The summed E-state index contributed by atoms with van der Waals surface area (Å²) in [6.45, 7) is 4.63. The molecule has 1 saturated heterocycles. The fourth-order valence-electron chi connectivity index (χ4n) is 2.99. The number of aromatic nitrogens is 2. The molecule has 2 aliphatic rings. The Balaban J connectivity index is 1.55. The number of hydrogen-bond donors (Lipinski definition) is 1. The Morgan fingerprint density at radius 1 is 1.33 bits per heavy atom. The van der Waals surface area contributed by atoms with E-state index in [2.05, 4.69) is 22.4 Å². The lowest BCUT2D eigenvalue weighted by Gasteiger charge is -2.27. The normalized spacial score (nSPS) is 26.8. The van der Waals surface area contributed by atoms with Crippen LogP contribution in [-0.4, -0.2) is 23.2 Å². The van der Waals surface area contributed by atoms with Crippen molar-refractivity contribution in [1.29, 1.82) is 0 Å². The molecule has 4 heteroatoms.